The van der Waals surface area contributed by atoms with Gasteiger partial charge in [-0.2, -0.15) is 0 Å². The summed E-state index contributed by atoms with van der Waals surface area (Å²) in [6.45, 7) is 12.1. The highest BCUT2D eigenvalue weighted by Crippen LogP contribution is 2.48. The van der Waals surface area contributed by atoms with Crippen LogP contribution in [0.5, 0.6) is 0 Å². The number of Topliss-reactive ketones (excluding diaryl/α,β-unsaturated/α-hetero) is 1. The number of hydrogen-bond donors (Lipinski definition) is 0. The molecule has 0 saturated heterocycles. The molecule has 0 radical (unpaired) electrons. The van der Waals surface area contributed by atoms with Gasteiger partial charge in [0.25, 0.3) is 0 Å². The number of nitrogens with zero attached hydrogens (tertiary/aromatic N) is 2. The summed E-state index contributed by atoms with van der Waals surface area (Å²) in [4.78, 5) is 23.3. The van der Waals surface area contributed by atoms with Crippen LogP contribution in [0.3, 0.4) is 0 Å². The number of aliphatic imine (C=N–C) groups is 2. The molecule has 3 aliphatic rings. The van der Waals surface area contributed by atoms with Crippen molar-refractivity contribution in [2.75, 3.05) is 6.54 Å². The molecule has 3 aromatic rings. The second-order valence-corrected chi connectivity index (χ2v) is 13.8. The predicted molar refractivity (Wildman–Crippen MR) is 191 cm³/mol. The Balaban J connectivity index is 1.24. The molecule has 0 amide bonds. The van der Waals surface area contributed by atoms with E-state index in [-0.39, 0.29) is 23.7 Å². The molecule has 0 aromatic heterocycles. The van der Waals surface area contributed by atoms with Crippen LogP contribution in [0.1, 0.15) is 93.3 Å². The molecule has 2 heterocycles. The van der Waals surface area contributed by atoms with Crippen LogP contribution >= 0.6 is 0 Å². The fraction of sp³-hybridized carbons (Fsp3) is 0.405. The molecule has 4 nitrogen and oxygen atoms in total. The Hall–Kier alpha value is -4.05. The lowest BCUT2D eigenvalue weighted by molar-refractivity contribution is 0.0916. The summed E-state index contributed by atoms with van der Waals surface area (Å²) in [6.07, 6.45) is 7.32. The quantitative estimate of drug-likeness (QED) is 0.197. The smallest absolute Gasteiger partial charge is 0.163 e. The Kier molecular flexibility index (Phi) is 9.82. The molecule has 4 heteroatoms. The Morgan fingerprint density at radius 3 is 2.22 bits per heavy atom. The highest BCUT2D eigenvalue weighted by Gasteiger charge is 2.38. The minimum Gasteiger partial charge on any atom is -0.461 e. The fourth-order valence-corrected chi connectivity index (χ4v) is 8.11. The number of allylic oxidation sites excluding steroid dienone is 3. The molecule has 0 spiro atoms. The molecule has 7 atom stereocenters. The molecule has 3 aromatic carbocycles. The lowest BCUT2D eigenvalue weighted by atomic mass is 9.76. The molecule has 1 aliphatic carbocycles. The minimum absolute atomic E-state index is 0.0829. The van der Waals surface area contributed by atoms with Crippen molar-refractivity contribution < 1.29 is 9.53 Å². The van der Waals surface area contributed by atoms with Crippen LogP contribution in [0, 0.1) is 29.6 Å². The third-order valence-corrected chi connectivity index (χ3v) is 11.0. The van der Waals surface area contributed by atoms with Crippen molar-refractivity contribution >= 4 is 29.5 Å². The van der Waals surface area contributed by atoms with Crippen LogP contribution in [0.25, 0.3) is 11.3 Å². The van der Waals surface area contributed by atoms with E-state index in [0.29, 0.717) is 36.6 Å². The molecule has 238 valence electrons. The molecule has 1 saturated carbocycles. The predicted octanol–water partition coefficient (Wildman–Crippen LogP) is 10.1. The van der Waals surface area contributed by atoms with E-state index >= 15 is 0 Å². The number of benzene rings is 3. The summed E-state index contributed by atoms with van der Waals surface area (Å²) in [5.41, 5.74) is 6.85. The van der Waals surface area contributed by atoms with Gasteiger partial charge in [0, 0.05) is 59.8 Å². The van der Waals surface area contributed by atoms with E-state index in [2.05, 4.69) is 111 Å². The standard InChI is InChI=1S/C42H48N2O2/c1-27-20-21-34(41-30(4)29(3)40(32-14-8-6-9-15-32)42(46-41)33-16-10-7-11-17-33)24-28(2)37(27)25-39(45)36-19-13-12-18-35(36)38-26-43-22-23-44-31(38)5/h6-19,22-23,27-29,31,34,37-38H,20-21,24-26H2,1-5H3. The third kappa shape index (κ3) is 6.58. The molecule has 2 aliphatic heterocycles. The van der Waals surface area contributed by atoms with Gasteiger partial charge in [-0.3, -0.25) is 14.8 Å². The Morgan fingerprint density at radius 1 is 0.804 bits per heavy atom. The molecule has 7 unspecified atom stereocenters. The fourth-order valence-electron chi connectivity index (χ4n) is 8.11. The molecule has 0 bridgehead atoms. The number of ether oxygens (including phenoxy) is 1. The van der Waals surface area contributed by atoms with Crippen LogP contribution in [0.2, 0.25) is 0 Å². The first kappa shape index (κ1) is 31.9. The summed E-state index contributed by atoms with van der Waals surface area (Å²) >= 11 is 0. The maximum absolute atomic E-state index is 14.1. The van der Waals surface area contributed by atoms with Crippen LogP contribution < -0.4 is 0 Å². The minimum atomic E-state index is 0.0829. The van der Waals surface area contributed by atoms with Crippen molar-refractivity contribution in [3.05, 3.63) is 119 Å². The average Bonchev–Trinajstić information content (AvgIpc) is 3.38. The summed E-state index contributed by atoms with van der Waals surface area (Å²) in [5, 5.41) is 0. The van der Waals surface area contributed by atoms with Crippen molar-refractivity contribution in [2.45, 2.75) is 72.3 Å². The zero-order valence-electron chi connectivity index (χ0n) is 28.0. The van der Waals surface area contributed by atoms with Crippen LogP contribution in [0.15, 0.2) is 106 Å². The summed E-state index contributed by atoms with van der Waals surface area (Å²) in [5.74, 6) is 4.21. The maximum Gasteiger partial charge on any atom is 0.163 e. The second kappa shape index (κ2) is 14.2. The molecule has 1 fully saturated rings. The van der Waals surface area contributed by atoms with E-state index in [4.69, 9.17) is 4.74 Å². The largest absolute Gasteiger partial charge is 0.461 e. The monoisotopic (exact) mass is 612 g/mol. The van der Waals surface area contributed by atoms with Crippen molar-refractivity contribution in [1.82, 2.24) is 0 Å². The van der Waals surface area contributed by atoms with E-state index < -0.39 is 0 Å². The van der Waals surface area contributed by atoms with Gasteiger partial charge >= 0.3 is 0 Å². The number of hydrogen-bond acceptors (Lipinski definition) is 4. The highest BCUT2D eigenvalue weighted by atomic mass is 16.5. The first-order chi connectivity index (χ1) is 22.3. The lowest BCUT2D eigenvalue weighted by Crippen LogP contribution is -2.24. The first-order valence-electron chi connectivity index (χ1n) is 17.2. The van der Waals surface area contributed by atoms with Gasteiger partial charge in [0.05, 0.1) is 6.04 Å². The van der Waals surface area contributed by atoms with Crippen molar-refractivity contribution in [3.8, 4) is 0 Å². The number of rotatable bonds is 7. The van der Waals surface area contributed by atoms with Gasteiger partial charge in [-0.15, -0.1) is 0 Å². The molecule has 0 N–H and O–H groups in total. The van der Waals surface area contributed by atoms with Crippen molar-refractivity contribution in [3.63, 3.8) is 0 Å². The van der Waals surface area contributed by atoms with E-state index in [9.17, 15) is 4.79 Å². The van der Waals surface area contributed by atoms with E-state index in [1.807, 2.05) is 18.2 Å². The van der Waals surface area contributed by atoms with Crippen LogP contribution in [-0.4, -0.2) is 30.8 Å². The SMILES string of the molecule is CC1=C(C2CCC(C)C(CC(=O)c3ccccc3C3CN=CC=NC3C)C(C)C2)OC(c2ccccc2)=C(c2ccccc2)C1C. The van der Waals surface area contributed by atoms with Crippen molar-refractivity contribution in [2.24, 2.45) is 39.6 Å². The topological polar surface area (TPSA) is 51.0 Å². The zero-order valence-corrected chi connectivity index (χ0v) is 28.0. The van der Waals surface area contributed by atoms with Gasteiger partial charge in [0.1, 0.15) is 11.5 Å². The second-order valence-electron chi connectivity index (χ2n) is 13.8. The van der Waals surface area contributed by atoms with Gasteiger partial charge < -0.3 is 4.74 Å². The number of ketones is 1. The Morgan fingerprint density at radius 2 is 1.48 bits per heavy atom. The Labute approximate surface area is 275 Å². The zero-order chi connectivity index (χ0) is 32.2. The van der Waals surface area contributed by atoms with Crippen LogP contribution in [0.4, 0.5) is 0 Å². The number of carbonyl (C=O) groups excluding carboxylic acids is 1. The van der Waals surface area contributed by atoms with Gasteiger partial charge in [0.2, 0.25) is 0 Å². The first-order valence-corrected chi connectivity index (χ1v) is 17.2. The van der Waals surface area contributed by atoms with E-state index in [0.717, 1.165) is 47.5 Å². The van der Waals surface area contributed by atoms with Gasteiger partial charge in [-0.05, 0) is 67.6 Å². The summed E-state index contributed by atoms with van der Waals surface area (Å²) < 4.78 is 7.06. The van der Waals surface area contributed by atoms with Crippen LogP contribution in [-0.2, 0) is 4.74 Å². The van der Waals surface area contributed by atoms with Gasteiger partial charge in [-0.1, -0.05) is 106 Å². The molecular formula is C42H48N2O2. The average molecular weight is 613 g/mol. The maximum atomic E-state index is 14.1. The summed E-state index contributed by atoms with van der Waals surface area (Å²) in [7, 11) is 0. The summed E-state index contributed by atoms with van der Waals surface area (Å²) in [6, 6.07) is 29.5. The normalized spacial score (nSPS) is 28.4. The van der Waals surface area contributed by atoms with Gasteiger partial charge in [-0.25, -0.2) is 0 Å². The lowest BCUT2D eigenvalue weighted by Gasteiger charge is -2.34. The van der Waals surface area contributed by atoms with Gasteiger partial charge in [0.15, 0.2) is 5.78 Å². The Bertz CT molecular complexity index is 1650. The molecule has 6 rings (SSSR count). The number of carbonyl (C=O) groups is 1. The van der Waals surface area contributed by atoms with E-state index in [1.54, 1.807) is 12.4 Å². The molecule has 46 heavy (non-hydrogen) atoms. The van der Waals surface area contributed by atoms with E-state index in [1.165, 1.54) is 16.7 Å². The van der Waals surface area contributed by atoms with Crippen molar-refractivity contribution in [1.29, 1.82) is 0 Å². The molecular weight excluding hydrogens is 564 g/mol. The third-order valence-electron chi connectivity index (χ3n) is 11.0. The highest BCUT2D eigenvalue weighted by molar-refractivity contribution is 6.16.